The lowest BCUT2D eigenvalue weighted by Gasteiger charge is -2.29. The molecule has 2 atom stereocenters. The molecule has 1 amide bonds. The van der Waals surface area contributed by atoms with Crippen molar-refractivity contribution in [3.05, 3.63) is 23.9 Å². The van der Waals surface area contributed by atoms with Gasteiger partial charge in [0, 0.05) is 12.2 Å². The Bertz CT molecular complexity index is 522. The molecule has 0 aromatic carbocycles. The summed E-state index contributed by atoms with van der Waals surface area (Å²) in [5.74, 6) is -0.999. The second kappa shape index (κ2) is 7.35. The molecule has 1 N–H and O–H groups in total. The molecule has 22 heavy (non-hydrogen) atoms. The smallest absolute Gasteiger partial charge is 0.349 e. The predicted octanol–water partition coefficient (Wildman–Crippen LogP) is 4.04. The molecule has 0 bridgehead atoms. The molecule has 1 aromatic heterocycles. The van der Waals surface area contributed by atoms with Gasteiger partial charge in [-0.3, -0.25) is 4.79 Å². The number of hydrogen-bond donors (Lipinski definition) is 1. The monoisotopic (exact) mass is 332 g/mol. The van der Waals surface area contributed by atoms with E-state index in [4.69, 9.17) is 0 Å². The molecular formula is C15H19F3N2OS. The van der Waals surface area contributed by atoms with Gasteiger partial charge in [0.1, 0.15) is 5.03 Å². The fourth-order valence-corrected chi connectivity index (χ4v) is 3.36. The number of amides is 1. The van der Waals surface area contributed by atoms with Crippen LogP contribution in [0.5, 0.6) is 0 Å². The summed E-state index contributed by atoms with van der Waals surface area (Å²) in [6.45, 7) is 2.09. The minimum Gasteiger partial charge on any atom is -0.349 e. The third kappa shape index (κ3) is 4.90. The molecule has 1 aliphatic rings. The summed E-state index contributed by atoms with van der Waals surface area (Å²) in [5, 5.41) is 3.07. The summed E-state index contributed by atoms with van der Waals surface area (Å²) in [7, 11) is 0. The number of aromatic nitrogens is 1. The number of nitrogens with zero attached hydrogens (tertiary/aromatic N) is 1. The van der Waals surface area contributed by atoms with E-state index in [9.17, 15) is 18.0 Å². The average Bonchev–Trinajstić information content (AvgIpc) is 2.47. The largest absolute Gasteiger partial charge is 0.398 e. The number of carbonyl (C=O) groups excluding carboxylic acids is 1. The number of carbonyl (C=O) groups is 1. The van der Waals surface area contributed by atoms with Crippen LogP contribution in [0.2, 0.25) is 0 Å². The summed E-state index contributed by atoms with van der Waals surface area (Å²) >= 11 is 0.548. The highest BCUT2D eigenvalue weighted by Gasteiger charge is 2.29. The van der Waals surface area contributed by atoms with Gasteiger partial charge < -0.3 is 5.32 Å². The number of nitrogens with one attached hydrogen (secondary N) is 1. The number of alkyl halides is 3. The molecular weight excluding hydrogens is 313 g/mol. The van der Waals surface area contributed by atoms with Crippen molar-refractivity contribution in [1.29, 1.82) is 0 Å². The third-order valence-electron chi connectivity index (χ3n) is 3.82. The molecule has 122 valence electrons. The molecule has 3 nitrogen and oxygen atoms in total. The van der Waals surface area contributed by atoms with Crippen LogP contribution in [-0.2, 0) is 0 Å². The summed E-state index contributed by atoms with van der Waals surface area (Å²) < 4.78 is 37.0. The molecule has 0 radical (unpaired) electrons. The molecule has 1 aromatic rings. The second-order valence-electron chi connectivity index (χ2n) is 5.60. The number of thioether (sulfide) groups is 1. The van der Waals surface area contributed by atoms with Crippen molar-refractivity contribution in [3.63, 3.8) is 0 Å². The van der Waals surface area contributed by atoms with Crippen molar-refractivity contribution in [2.24, 2.45) is 5.92 Å². The van der Waals surface area contributed by atoms with Crippen LogP contribution in [-0.4, -0.2) is 28.9 Å². The van der Waals surface area contributed by atoms with Crippen molar-refractivity contribution >= 4 is 17.7 Å². The maximum atomic E-state index is 12.4. The zero-order chi connectivity index (χ0) is 16.2. The lowest BCUT2D eigenvalue weighted by atomic mass is 9.86. The highest BCUT2D eigenvalue weighted by Crippen LogP contribution is 2.29. The molecule has 2 rings (SSSR count). The third-order valence-corrected chi connectivity index (χ3v) is 4.89. The van der Waals surface area contributed by atoms with Gasteiger partial charge in [0.25, 0.3) is 5.91 Å². The van der Waals surface area contributed by atoms with E-state index in [1.807, 2.05) is 0 Å². The molecule has 0 saturated heterocycles. The molecule has 0 aliphatic heterocycles. The molecule has 7 heteroatoms. The van der Waals surface area contributed by atoms with Gasteiger partial charge in [-0.05, 0) is 30.9 Å². The fourth-order valence-electron chi connectivity index (χ4n) is 2.61. The van der Waals surface area contributed by atoms with Gasteiger partial charge in [-0.15, -0.1) is 0 Å². The number of rotatable bonds is 4. The van der Waals surface area contributed by atoms with Gasteiger partial charge >= 0.3 is 6.18 Å². The van der Waals surface area contributed by atoms with Crippen LogP contribution >= 0.6 is 11.8 Å². The normalized spacial score (nSPS) is 22.4. The SMILES string of the molecule is C[C@@H]1CCCC[C@H]1NC(=O)c1cccnc1SCC(F)(F)F. The molecule has 0 unspecified atom stereocenters. The average molecular weight is 332 g/mol. The first-order chi connectivity index (χ1) is 10.4. The number of pyridine rings is 1. The van der Waals surface area contributed by atoms with E-state index in [1.54, 1.807) is 6.07 Å². The van der Waals surface area contributed by atoms with Gasteiger partial charge in [-0.2, -0.15) is 13.2 Å². The Morgan fingerprint density at radius 2 is 2.14 bits per heavy atom. The van der Waals surface area contributed by atoms with Crippen LogP contribution in [0.25, 0.3) is 0 Å². The Morgan fingerprint density at radius 3 is 2.82 bits per heavy atom. The molecule has 1 heterocycles. The highest BCUT2D eigenvalue weighted by molar-refractivity contribution is 7.99. The van der Waals surface area contributed by atoms with Crippen molar-refractivity contribution in [2.75, 3.05) is 5.75 Å². The van der Waals surface area contributed by atoms with Gasteiger partial charge in [0.2, 0.25) is 0 Å². The van der Waals surface area contributed by atoms with E-state index in [0.29, 0.717) is 17.7 Å². The quantitative estimate of drug-likeness (QED) is 0.846. The second-order valence-corrected chi connectivity index (χ2v) is 6.57. The highest BCUT2D eigenvalue weighted by atomic mass is 32.2. The van der Waals surface area contributed by atoms with Crippen LogP contribution in [0.15, 0.2) is 23.4 Å². The minimum absolute atomic E-state index is 0.0851. The lowest BCUT2D eigenvalue weighted by Crippen LogP contribution is -2.41. The first-order valence-corrected chi connectivity index (χ1v) is 8.31. The van der Waals surface area contributed by atoms with Gasteiger partial charge in [0.15, 0.2) is 0 Å². The fraction of sp³-hybridized carbons (Fsp3) is 0.600. The van der Waals surface area contributed by atoms with Crippen molar-refractivity contribution in [2.45, 2.75) is 49.9 Å². The van der Waals surface area contributed by atoms with E-state index in [-0.39, 0.29) is 22.5 Å². The zero-order valence-electron chi connectivity index (χ0n) is 12.3. The summed E-state index contributed by atoms with van der Waals surface area (Å²) in [6, 6.07) is 3.17. The predicted molar refractivity (Wildman–Crippen MR) is 79.9 cm³/mol. The Labute approximate surface area is 132 Å². The van der Waals surface area contributed by atoms with Crippen molar-refractivity contribution in [3.8, 4) is 0 Å². The molecule has 1 aliphatic carbocycles. The summed E-state index contributed by atoms with van der Waals surface area (Å²) in [6.07, 6.45) is 1.32. The van der Waals surface area contributed by atoms with Crippen molar-refractivity contribution < 1.29 is 18.0 Å². The topological polar surface area (TPSA) is 42.0 Å². The maximum Gasteiger partial charge on any atom is 0.398 e. The minimum atomic E-state index is -4.28. The number of halogens is 3. The van der Waals surface area contributed by atoms with Gasteiger partial charge in [-0.1, -0.05) is 31.5 Å². The molecule has 0 spiro atoms. The van der Waals surface area contributed by atoms with E-state index in [1.165, 1.54) is 12.3 Å². The standard InChI is InChI=1S/C15H19F3N2OS/c1-10-5-2-3-7-12(10)20-13(21)11-6-4-8-19-14(11)22-9-15(16,17)18/h4,6,8,10,12H,2-3,5,7,9H2,1H3,(H,20,21)/t10-,12-/m1/s1. The van der Waals surface area contributed by atoms with Crippen LogP contribution in [0.1, 0.15) is 43.0 Å². The van der Waals surface area contributed by atoms with E-state index in [0.717, 1.165) is 25.7 Å². The van der Waals surface area contributed by atoms with Crippen LogP contribution < -0.4 is 5.32 Å². The Balaban J connectivity index is 2.05. The zero-order valence-corrected chi connectivity index (χ0v) is 13.1. The van der Waals surface area contributed by atoms with Gasteiger partial charge in [0.05, 0.1) is 11.3 Å². The van der Waals surface area contributed by atoms with Crippen LogP contribution in [0, 0.1) is 5.92 Å². The Kier molecular flexibility index (Phi) is 5.72. The summed E-state index contributed by atoms with van der Waals surface area (Å²) in [5.41, 5.74) is 0.217. The van der Waals surface area contributed by atoms with Crippen LogP contribution in [0.3, 0.4) is 0 Å². The van der Waals surface area contributed by atoms with Crippen LogP contribution in [0.4, 0.5) is 13.2 Å². The Hall–Kier alpha value is -1.24. The first-order valence-electron chi connectivity index (χ1n) is 7.32. The van der Waals surface area contributed by atoms with Crippen molar-refractivity contribution in [1.82, 2.24) is 10.3 Å². The number of hydrogen-bond acceptors (Lipinski definition) is 3. The van der Waals surface area contributed by atoms with E-state index < -0.39 is 11.9 Å². The molecule has 1 saturated carbocycles. The summed E-state index contributed by atoms with van der Waals surface area (Å²) in [4.78, 5) is 16.3. The maximum absolute atomic E-state index is 12.4. The van der Waals surface area contributed by atoms with Gasteiger partial charge in [-0.25, -0.2) is 4.98 Å². The lowest BCUT2D eigenvalue weighted by molar-refractivity contribution is -0.105. The van der Waals surface area contributed by atoms with E-state index in [2.05, 4.69) is 17.2 Å². The van der Waals surface area contributed by atoms with E-state index >= 15 is 0 Å². The Morgan fingerprint density at radius 1 is 1.41 bits per heavy atom. The molecule has 1 fully saturated rings. The first kappa shape index (κ1) is 17.1.